The van der Waals surface area contributed by atoms with Gasteiger partial charge in [-0.2, -0.15) is 23.1 Å². The van der Waals surface area contributed by atoms with E-state index < -0.39 is 40.3 Å². The molecule has 8 nitrogen and oxygen atoms in total. The van der Waals surface area contributed by atoms with Crippen molar-refractivity contribution in [3.63, 3.8) is 0 Å². The van der Waals surface area contributed by atoms with Crippen molar-refractivity contribution in [1.82, 2.24) is 20.2 Å². The van der Waals surface area contributed by atoms with Crippen LogP contribution >= 0.6 is 0 Å². The minimum absolute atomic E-state index is 0.111. The van der Waals surface area contributed by atoms with Gasteiger partial charge in [-0.15, -0.1) is 6.42 Å². The molecule has 0 radical (unpaired) electrons. The van der Waals surface area contributed by atoms with E-state index in [0.717, 1.165) is 76.7 Å². The number of ether oxygens (including phenoxy) is 2. The first-order chi connectivity index (χ1) is 24.5. The normalized spacial score (nSPS) is 25.5. The van der Waals surface area contributed by atoms with Gasteiger partial charge in [0.2, 0.25) is 0 Å². The quantitative estimate of drug-likeness (QED) is 0.176. The van der Waals surface area contributed by atoms with Gasteiger partial charge in [0.15, 0.2) is 5.82 Å². The number of fused-ring (bicyclic) bond motifs is 5. The van der Waals surface area contributed by atoms with E-state index in [9.17, 15) is 9.50 Å². The second-order valence-electron chi connectivity index (χ2n) is 15.1. The number of hydrogen-bond acceptors (Lipinski definition) is 8. The lowest BCUT2D eigenvalue weighted by Crippen LogP contribution is -2.51. The third kappa shape index (κ3) is 5.72. The molecule has 4 aromatic rings. The second-order valence-corrected chi connectivity index (χ2v) is 15.1. The van der Waals surface area contributed by atoms with E-state index in [0.29, 0.717) is 24.9 Å². The number of nitrogens with zero attached hydrogens (tertiary/aromatic N) is 4. The number of hydrogen-bond donors (Lipinski definition) is 2. The van der Waals surface area contributed by atoms with Crippen LogP contribution in [0.25, 0.3) is 32.8 Å². The van der Waals surface area contributed by atoms with Crippen LogP contribution < -0.4 is 15.0 Å². The van der Waals surface area contributed by atoms with Crippen molar-refractivity contribution >= 4 is 27.5 Å². The van der Waals surface area contributed by atoms with Gasteiger partial charge in [0.25, 0.3) is 0 Å². The lowest BCUT2D eigenvalue weighted by Gasteiger charge is -2.34. The van der Waals surface area contributed by atoms with E-state index in [4.69, 9.17) is 15.9 Å². The van der Waals surface area contributed by atoms with Crippen LogP contribution in [0, 0.1) is 41.2 Å². The van der Waals surface area contributed by atoms with Crippen LogP contribution in [0.4, 0.5) is 27.8 Å². The Balaban J connectivity index is 1.18. The third-order valence-electron chi connectivity index (χ3n) is 11.5. The number of anilines is 1. The van der Waals surface area contributed by atoms with Crippen LogP contribution in [-0.4, -0.2) is 84.6 Å². The Morgan fingerprint density at radius 3 is 2.41 bits per heavy atom. The summed E-state index contributed by atoms with van der Waals surface area (Å²) in [5, 5.41) is 14.0. The van der Waals surface area contributed by atoms with E-state index in [2.05, 4.69) is 26.1 Å². The van der Waals surface area contributed by atoms with Crippen molar-refractivity contribution < 1.29 is 36.5 Å². The zero-order valence-electron chi connectivity index (χ0n) is 27.7. The van der Waals surface area contributed by atoms with Crippen LogP contribution in [-0.2, 0) is 10.9 Å². The first-order valence-corrected chi connectivity index (χ1v) is 17.5. The fourth-order valence-electron chi connectivity index (χ4n) is 8.85. The van der Waals surface area contributed by atoms with E-state index in [-0.39, 0.29) is 63.2 Å². The van der Waals surface area contributed by atoms with Gasteiger partial charge in [-0.3, -0.25) is 0 Å². The summed E-state index contributed by atoms with van der Waals surface area (Å²) in [7, 11) is 0. The molecule has 1 aromatic heterocycles. The molecular weight excluding hydrogens is 669 g/mol. The molecule has 0 amide bonds. The van der Waals surface area contributed by atoms with Crippen molar-refractivity contribution in [2.24, 2.45) is 17.3 Å². The molecule has 4 saturated heterocycles. The molecule has 5 fully saturated rings. The molecule has 5 heterocycles. The average molecular weight is 706 g/mol. The lowest BCUT2D eigenvalue weighted by molar-refractivity contribution is -0.137. The van der Waals surface area contributed by atoms with Gasteiger partial charge in [-0.1, -0.05) is 12.0 Å². The highest BCUT2D eigenvalue weighted by Gasteiger charge is 2.48. The highest BCUT2D eigenvalue weighted by atomic mass is 19.4. The third-order valence-corrected chi connectivity index (χ3v) is 11.5. The molecule has 3 aromatic carbocycles. The smallest absolute Gasteiger partial charge is 0.417 e. The first-order valence-electron chi connectivity index (χ1n) is 17.5. The Bertz CT molecular complexity index is 2090. The SMILES string of the molecule is C#Cc1c(F)ccc2cc(O)cc(-c3c(C(F)(F)F)cc4c(N5CC6CCC(C5)N6)nc(OCC5(CN6C[C@H]7COC[C@H]7C6)CC5)nc4c3F)c12. The molecule has 0 spiro atoms. The molecular formula is C38H36F5N5O3. The van der Waals surface area contributed by atoms with Crippen LogP contribution in [0.1, 0.15) is 36.8 Å². The fraction of sp³-hybridized carbons (Fsp3) is 0.474. The maximum absolute atomic E-state index is 17.2. The van der Waals surface area contributed by atoms with Gasteiger partial charge in [0.05, 0.1) is 30.9 Å². The molecule has 2 unspecified atom stereocenters. The largest absolute Gasteiger partial charge is 0.508 e. The summed E-state index contributed by atoms with van der Waals surface area (Å²) in [6.45, 7) is 5.58. The molecule has 51 heavy (non-hydrogen) atoms. The van der Waals surface area contributed by atoms with Crippen molar-refractivity contribution in [2.45, 2.75) is 43.9 Å². The second kappa shape index (κ2) is 11.9. The summed E-state index contributed by atoms with van der Waals surface area (Å²) in [6.07, 6.45) is 4.28. The number of likely N-dealkylation sites (tertiary alicyclic amines) is 1. The Labute approximate surface area is 290 Å². The monoisotopic (exact) mass is 705 g/mol. The number of piperazine rings is 1. The standard InChI is InChI=1S/C38H36F5N5O3/c1-2-26-30(39)6-3-20-9-25(49)10-27(31(20)26)32-29(38(41,42)43)11-28-34(33(32)40)45-36(46-35(28)48-14-23-4-5-24(15-48)44-23)51-19-37(7-8-37)18-47-12-21-16-50-17-22(21)13-47/h1,3,6,9-11,21-24,44,49H,4-5,7-8,12-19H2/t21-,22+,23?,24?. The van der Waals surface area contributed by atoms with Crippen molar-refractivity contribution in [2.75, 3.05) is 57.4 Å². The topological polar surface area (TPSA) is 83.0 Å². The van der Waals surface area contributed by atoms with Gasteiger partial charge in [0.1, 0.15) is 22.9 Å². The number of aromatic nitrogens is 2. The van der Waals surface area contributed by atoms with E-state index >= 15 is 17.6 Å². The van der Waals surface area contributed by atoms with Gasteiger partial charge < -0.3 is 29.7 Å². The zero-order valence-corrected chi connectivity index (χ0v) is 27.7. The molecule has 4 atom stereocenters. The highest BCUT2D eigenvalue weighted by molar-refractivity contribution is 6.05. The van der Waals surface area contributed by atoms with Gasteiger partial charge >= 0.3 is 12.2 Å². The minimum Gasteiger partial charge on any atom is -0.508 e. The molecule has 13 heteroatoms. The number of phenolic OH excluding ortho intramolecular Hbond substituents is 1. The molecule has 9 rings (SSSR count). The zero-order chi connectivity index (χ0) is 35.2. The van der Waals surface area contributed by atoms with Crippen molar-refractivity contribution in [3.05, 3.63) is 53.1 Å². The van der Waals surface area contributed by atoms with E-state index in [1.54, 1.807) is 0 Å². The average Bonchev–Trinajstić information content (AvgIpc) is 3.33. The number of nitrogens with one attached hydrogen (secondary N) is 1. The van der Waals surface area contributed by atoms with Crippen LogP contribution in [0.2, 0.25) is 0 Å². The molecule has 5 aliphatic rings. The van der Waals surface area contributed by atoms with E-state index in [1.807, 2.05) is 4.90 Å². The fourth-order valence-corrected chi connectivity index (χ4v) is 8.85. The summed E-state index contributed by atoms with van der Waals surface area (Å²) >= 11 is 0. The van der Waals surface area contributed by atoms with Crippen LogP contribution in [0.3, 0.4) is 0 Å². The Kier molecular flexibility index (Phi) is 7.62. The molecule has 1 saturated carbocycles. The Morgan fingerprint density at radius 1 is 1.02 bits per heavy atom. The van der Waals surface area contributed by atoms with Gasteiger partial charge in [-0.25, -0.2) is 8.78 Å². The predicted octanol–water partition coefficient (Wildman–Crippen LogP) is 6.11. The number of aromatic hydroxyl groups is 1. The van der Waals surface area contributed by atoms with Crippen molar-refractivity contribution in [1.29, 1.82) is 0 Å². The summed E-state index contributed by atoms with van der Waals surface area (Å²) in [6, 6.07) is 5.52. The molecule has 2 bridgehead atoms. The molecule has 2 N–H and O–H groups in total. The Hall–Kier alpha value is -4.25. The van der Waals surface area contributed by atoms with Crippen LogP contribution in [0.15, 0.2) is 30.3 Å². The molecule has 4 aliphatic heterocycles. The van der Waals surface area contributed by atoms with Gasteiger partial charge in [-0.05, 0) is 60.9 Å². The molecule has 1 aliphatic carbocycles. The van der Waals surface area contributed by atoms with Crippen LogP contribution in [0.5, 0.6) is 11.8 Å². The number of alkyl halides is 3. The minimum atomic E-state index is -5.06. The van der Waals surface area contributed by atoms with E-state index in [1.165, 1.54) is 12.1 Å². The first kappa shape index (κ1) is 32.6. The summed E-state index contributed by atoms with van der Waals surface area (Å²) < 4.78 is 89.2. The summed E-state index contributed by atoms with van der Waals surface area (Å²) in [5.74, 6) is 0.855. The number of rotatable bonds is 7. The lowest BCUT2D eigenvalue weighted by atomic mass is 9.89. The highest BCUT2D eigenvalue weighted by Crippen LogP contribution is 2.49. The number of benzene rings is 3. The number of terminal acetylenes is 1. The maximum Gasteiger partial charge on any atom is 0.417 e. The number of phenols is 1. The predicted molar refractivity (Wildman–Crippen MR) is 181 cm³/mol. The Morgan fingerprint density at radius 2 is 1.75 bits per heavy atom. The van der Waals surface area contributed by atoms with Crippen molar-refractivity contribution in [3.8, 4) is 35.2 Å². The summed E-state index contributed by atoms with van der Waals surface area (Å²) in [4.78, 5) is 13.5. The summed E-state index contributed by atoms with van der Waals surface area (Å²) in [5.41, 5.74) is -3.44. The molecule has 266 valence electrons. The maximum atomic E-state index is 17.2. The number of halogens is 5. The van der Waals surface area contributed by atoms with Gasteiger partial charge in [0, 0.05) is 78.4 Å².